The summed E-state index contributed by atoms with van der Waals surface area (Å²) in [5, 5.41) is 5.96. The predicted octanol–water partition coefficient (Wildman–Crippen LogP) is 4.11. The molecule has 150 valence electrons. The first kappa shape index (κ1) is 21.3. The minimum atomic E-state index is -0.172. The van der Waals surface area contributed by atoms with Crippen LogP contribution in [0, 0.1) is 0 Å². The van der Waals surface area contributed by atoms with Gasteiger partial charge in [-0.05, 0) is 43.7 Å². The van der Waals surface area contributed by atoms with Crippen LogP contribution in [0.1, 0.15) is 13.8 Å². The van der Waals surface area contributed by atoms with E-state index in [1.165, 1.54) is 0 Å². The summed E-state index contributed by atoms with van der Waals surface area (Å²) in [6.45, 7) is 9.88. The highest BCUT2D eigenvalue weighted by molar-refractivity contribution is 5.95. The minimum absolute atomic E-state index is 0.122. The van der Waals surface area contributed by atoms with Gasteiger partial charge in [-0.15, -0.1) is 0 Å². The molecule has 0 unspecified atom stereocenters. The van der Waals surface area contributed by atoms with Crippen molar-refractivity contribution >= 4 is 17.3 Å². The van der Waals surface area contributed by atoms with Crippen molar-refractivity contribution < 1.29 is 19.0 Å². The van der Waals surface area contributed by atoms with Crippen LogP contribution in [0.15, 0.2) is 60.7 Å². The van der Waals surface area contributed by atoms with Crippen molar-refractivity contribution in [2.45, 2.75) is 13.8 Å². The van der Waals surface area contributed by atoms with E-state index >= 15 is 0 Å². The Morgan fingerprint density at radius 1 is 1.07 bits per heavy atom. The molecule has 6 heteroatoms. The molecule has 0 heterocycles. The van der Waals surface area contributed by atoms with Crippen molar-refractivity contribution in [3.05, 3.63) is 60.7 Å². The lowest BCUT2D eigenvalue weighted by Crippen LogP contribution is -2.22. The fraction of sp³-hybridized carbons (Fsp3) is 0.318. The standard InChI is InChI=1S/C22H28N2O4/c1-4-26-12-13-27-19-9-7-8-18(14-19)23-15-22(25)24-20-10-5-6-11-21(20)28-16-17(2)3/h5-11,14,23H,2,4,12-13,15-16H2,1,3H3,(H,24,25). The average Bonchev–Trinajstić information content (AvgIpc) is 2.69. The molecule has 2 aromatic rings. The molecule has 2 N–H and O–H groups in total. The Hall–Kier alpha value is -2.99. The molecule has 0 aromatic heterocycles. The average molecular weight is 384 g/mol. The van der Waals surface area contributed by atoms with E-state index in [2.05, 4.69) is 17.2 Å². The SMILES string of the molecule is C=C(C)COc1ccccc1NC(=O)CNc1cccc(OCCOCC)c1. The predicted molar refractivity (Wildman–Crippen MR) is 112 cm³/mol. The maximum absolute atomic E-state index is 12.3. The van der Waals surface area contributed by atoms with Crippen LogP contribution in [0.5, 0.6) is 11.5 Å². The lowest BCUT2D eigenvalue weighted by atomic mass is 10.2. The van der Waals surface area contributed by atoms with Crippen molar-refractivity contribution in [3.8, 4) is 11.5 Å². The van der Waals surface area contributed by atoms with Crippen LogP contribution >= 0.6 is 0 Å². The molecule has 0 saturated carbocycles. The summed E-state index contributed by atoms with van der Waals surface area (Å²) in [6, 6.07) is 14.8. The van der Waals surface area contributed by atoms with Gasteiger partial charge in [0.05, 0.1) is 18.8 Å². The zero-order chi connectivity index (χ0) is 20.2. The molecule has 0 atom stereocenters. The zero-order valence-electron chi connectivity index (χ0n) is 16.5. The quantitative estimate of drug-likeness (QED) is 0.426. The number of hydrogen-bond acceptors (Lipinski definition) is 5. The molecule has 2 rings (SSSR count). The number of benzene rings is 2. The molecule has 0 aliphatic heterocycles. The number of ether oxygens (including phenoxy) is 3. The molecule has 0 aliphatic carbocycles. The van der Waals surface area contributed by atoms with Crippen molar-refractivity contribution in [2.75, 3.05) is 43.6 Å². The lowest BCUT2D eigenvalue weighted by molar-refractivity contribution is -0.114. The summed E-state index contributed by atoms with van der Waals surface area (Å²) < 4.78 is 16.5. The Balaban J connectivity index is 1.85. The topological polar surface area (TPSA) is 68.8 Å². The number of carbonyl (C=O) groups excluding carboxylic acids is 1. The van der Waals surface area contributed by atoms with Crippen LogP contribution < -0.4 is 20.1 Å². The molecule has 2 aromatic carbocycles. The van der Waals surface area contributed by atoms with E-state index in [1.807, 2.05) is 56.3 Å². The summed E-state index contributed by atoms with van der Waals surface area (Å²) in [5.41, 5.74) is 2.34. The maximum Gasteiger partial charge on any atom is 0.243 e. The van der Waals surface area contributed by atoms with E-state index in [0.29, 0.717) is 37.9 Å². The summed E-state index contributed by atoms with van der Waals surface area (Å²) in [5.74, 6) is 1.17. The number of rotatable bonds is 12. The van der Waals surface area contributed by atoms with Crippen molar-refractivity contribution in [3.63, 3.8) is 0 Å². The van der Waals surface area contributed by atoms with Gasteiger partial charge in [0.1, 0.15) is 24.7 Å². The van der Waals surface area contributed by atoms with Crippen LogP contribution in [0.25, 0.3) is 0 Å². The first-order chi connectivity index (χ1) is 13.6. The van der Waals surface area contributed by atoms with Crippen LogP contribution in [0.2, 0.25) is 0 Å². The van der Waals surface area contributed by atoms with Crippen LogP contribution in [0.4, 0.5) is 11.4 Å². The lowest BCUT2D eigenvalue weighted by Gasteiger charge is -2.13. The molecule has 0 fully saturated rings. The number of hydrogen-bond donors (Lipinski definition) is 2. The van der Waals surface area contributed by atoms with Gasteiger partial charge in [-0.2, -0.15) is 0 Å². The molecule has 0 spiro atoms. The number of nitrogens with one attached hydrogen (secondary N) is 2. The first-order valence-electron chi connectivity index (χ1n) is 9.29. The van der Waals surface area contributed by atoms with Crippen LogP contribution in [-0.4, -0.2) is 38.9 Å². The molecule has 0 aliphatic rings. The summed E-state index contributed by atoms with van der Waals surface area (Å²) >= 11 is 0. The van der Waals surface area contributed by atoms with Gasteiger partial charge >= 0.3 is 0 Å². The van der Waals surface area contributed by atoms with Gasteiger partial charge in [0.25, 0.3) is 0 Å². The van der Waals surface area contributed by atoms with Crippen LogP contribution in [0.3, 0.4) is 0 Å². The fourth-order valence-electron chi connectivity index (χ4n) is 2.33. The van der Waals surface area contributed by atoms with Crippen molar-refractivity contribution in [1.29, 1.82) is 0 Å². The molecule has 28 heavy (non-hydrogen) atoms. The van der Waals surface area contributed by atoms with E-state index < -0.39 is 0 Å². The third-order valence-corrected chi connectivity index (χ3v) is 3.62. The van der Waals surface area contributed by atoms with Gasteiger partial charge in [-0.1, -0.05) is 24.8 Å². The second-order valence-electron chi connectivity index (χ2n) is 6.22. The van der Waals surface area contributed by atoms with Gasteiger partial charge < -0.3 is 24.8 Å². The molecular weight excluding hydrogens is 356 g/mol. The number of anilines is 2. The van der Waals surface area contributed by atoms with Gasteiger partial charge in [-0.3, -0.25) is 4.79 Å². The first-order valence-corrected chi connectivity index (χ1v) is 9.29. The molecule has 6 nitrogen and oxygen atoms in total. The third kappa shape index (κ3) is 7.72. The Bertz CT molecular complexity index is 777. The highest BCUT2D eigenvalue weighted by Crippen LogP contribution is 2.24. The highest BCUT2D eigenvalue weighted by Gasteiger charge is 2.08. The van der Waals surface area contributed by atoms with Gasteiger partial charge in [0, 0.05) is 18.4 Å². The second-order valence-corrected chi connectivity index (χ2v) is 6.22. The molecular formula is C22H28N2O4. The van der Waals surface area contributed by atoms with Gasteiger partial charge in [0.2, 0.25) is 5.91 Å². The van der Waals surface area contributed by atoms with E-state index in [-0.39, 0.29) is 12.5 Å². The van der Waals surface area contributed by atoms with E-state index in [4.69, 9.17) is 14.2 Å². The normalized spacial score (nSPS) is 10.2. The second kappa shape index (κ2) is 11.7. The largest absolute Gasteiger partial charge is 0.491 e. The van der Waals surface area contributed by atoms with Crippen molar-refractivity contribution in [1.82, 2.24) is 0 Å². The Kier molecular flexibility index (Phi) is 8.88. The molecule has 0 saturated heterocycles. The third-order valence-electron chi connectivity index (χ3n) is 3.62. The van der Waals surface area contributed by atoms with Crippen LogP contribution in [-0.2, 0) is 9.53 Å². The molecule has 1 amide bonds. The Morgan fingerprint density at radius 3 is 2.68 bits per heavy atom. The van der Waals surface area contributed by atoms with Gasteiger partial charge in [0.15, 0.2) is 0 Å². The maximum atomic E-state index is 12.3. The van der Waals surface area contributed by atoms with E-state index in [1.54, 1.807) is 6.07 Å². The van der Waals surface area contributed by atoms with E-state index in [9.17, 15) is 4.79 Å². The molecule has 0 radical (unpaired) electrons. The number of carbonyl (C=O) groups is 1. The van der Waals surface area contributed by atoms with E-state index in [0.717, 1.165) is 17.0 Å². The smallest absolute Gasteiger partial charge is 0.243 e. The summed E-state index contributed by atoms with van der Waals surface area (Å²) in [7, 11) is 0. The number of amides is 1. The fourth-order valence-corrected chi connectivity index (χ4v) is 2.33. The zero-order valence-corrected chi connectivity index (χ0v) is 16.5. The Morgan fingerprint density at radius 2 is 1.89 bits per heavy atom. The number of para-hydroxylation sites is 2. The Labute approximate surface area is 166 Å². The highest BCUT2D eigenvalue weighted by atomic mass is 16.5. The minimum Gasteiger partial charge on any atom is -0.491 e. The summed E-state index contributed by atoms with van der Waals surface area (Å²) in [6.07, 6.45) is 0. The molecule has 0 bridgehead atoms. The van der Waals surface area contributed by atoms with Gasteiger partial charge in [-0.25, -0.2) is 0 Å². The van der Waals surface area contributed by atoms with Crippen molar-refractivity contribution in [2.24, 2.45) is 0 Å². The monoisotopic (exact) mass is 384 g/mol. The summed E-state index contributed by atoms with van der Waals surface area (Å²) in [4.78, 5) is 12.3.